The van der Waals surface area contributed by atoms with Gasteiger partial charge in [-0.05, 0) is 59.7 Å². The normalized spacial score (nSPS) is 17.0. The second-order valence-electron chi connectivity index (χ2n) is 6.60. The predicted molar refractivity (Wildman–Crippen MR) is 103 cm³/mol. The minimum Gasteiger partial charge on any atom is -0.460 e. The molecule has 1 aliphatic heterocycles. The Morgan fingerprint density at radius 3 is 2.33 bits per heavy atom. The second-order valence-corrected chi connectivity index (χ2v) is 8.65. The molecule has 27 heavy (non-hydrogen) atoms. The molecule has 1 saturated heterocycles. The lowest BCUT2D eigenvalue weighted by Gasteiger charge is -2.31. The van der Waals surface area contributed by atoms with Crippen molar-refractivity contribution in [1.82, 2.24) is 4.90 Å². The molecule has 8 heteroatoms. The van der Waals surface area contributed by atoms with Gasteiger partial charge in [0.05, 0.1) is 32.0 Å². The van der Waals surface area contributed by atoms with Crippen LogP contribution in [0.25, 0.3) is 0 Å². The highest BCUT2D eigenvalue weighted by Crippen LogP contribution is 2.52. The van der Waals surface area contributed by atoms with E-state index in [0.717, 1.165) is 25.9 Å². The van der Waals surface area contributed by atoms with Crippen LogP contribution < -0.4 is 0 Å². The third-order valence-electron chi connectivity index (χ3n) is 4.65. The fourth-order valence-corrected chi connectivity index (χ4v) is 5.13. The summed E-state index contributed by atoms with van der Waals surface area (Å²) in [5.74, 6) is 0.253. The summed E-state index contributed by atoms with van der Waals surface area (Å²) in [6, 6.07) is 1.60. The number of nitrogens with zero attached hydrogens (tertiary/aromatic N) is 1. The third-order valence-corrected chi connectivity index (χ3v) is 6.68. The molecule has 0 aliphatic carbocycles. The fraction of sp³-hybridized carbons (Fsp3) is 0.737. The van der Waals surface area contributed by atoms with Gasteiger partial charge in [0.25, 0.3) is 0 Å². The summed E-state index contributed by atoms with van der Waals surface area (Å²) < 4.78 is 34.9. The SMILES string of the molecule is CCOC(=O)c1cc(CP(=O)(OCC)OCC)c(C(C)N2CCCCC2)o1. The zero-order chi connectivity index (χ0) is 19.9. The zero-order valence-electron chi connectivity index (χ0n) is 16.9. The first kappa shape index (κ1) is 22.2. The number of likely N-dealkylation sites (tertiary alicyclic amines) is 1. The quantitative estimate of drug-likeness (QED) is 0.413. The van der Waals surface area contributed by atoms with Gasteiger partial charge in [-0.2, -0.15) is 0 Å². The van der Waals surface area contributed by atoms with Crippen LogP contribution in [0, 0.1) is 0 Å². The number of furan rings is 1. The molecule has 0 bridgehead atoms. The van der Waals surface area contributed by atoms with E-state index in [1.807, 2.05) is 0 Å². The van der Waals surface area contributed by atoms with Gasteiger partial charge in [-0.25, -0.2) is 4.79 Å². The average molecular weight is 401 g/mol. The van der Waals surface area contributed by atoms with Gasteiger partial charge in [-0.1, -0.05) is 6.42 Å². The molecular weight excluding hydrogens is 369 g/mol. The monoisotopic (exact) mass is 401 g/mol. The maximum atomic E-state index is 13.0. The first-order chi connectivity index (χ1) is 12.9. The number of hydrogen-bond donors (Lipinski definition) is 0. The van der Waals surface area contributed by atoms with Crippen molar-refractivity contribution in [3.8, 4) is 0 Å². The maximum Gasteiger partial charge on any atom is 0.374 e. The lowest BCUT2D eigenvalue weighted by molar-refractivity contribution is 0.0483. The van der Waals surface area contributed by atoms with Crippen molar-refractivity contribution in [2.45, 2.75) is 59.2 Å². The van der Waals surface area contributed by atoms with Crippen molar-refractivity contribution in [2.75, 3.05) is 32.9 Å². The summed E-state index contributed by atoms with van der Waals surface area (Å²) in [5, 5.41) is 0. The van der Waals surface area contributed by atoms with Crippen molar-refractivity contribution >= 4 is 13.6 Å². The summed E-state index contributed by atoms with van der Waals surface area (Å²) in [7, 11) is -3.31. The summed E-state index contributed by atoms with van der Waals surface area (Å²) in [6.45, 7) is 10.2. The third kappa shape index (κ3) is 5.92. The number of carbonyl (C=O) groups excluding carboxylic acids is 1. The Morgan fingerprint density at radius 1 is 1.15 bits per heavy atom. The van der Waals surface area contributed by atoms with E-state index in [1.54, 1.807) is 26.8 Å². The van der Waals surface area contributed by atoms with E-state index in [4.69, 9.17) is 18.2 Å². The van der Waals surface area contributed by atoms with Crippen molar-refractivity contribution in [2.24, 2.45) is 0 Å². The predicted octanol–water partition coefficient (Wildman–Crippen LogP) is 4.77. The molecule has 1 fully saturated rings. The zero-order valence-corrected chi connectivity index (χ0v) is 17.8. The van der Waals surface area contributed by atoms with Crippen LogP contribution in [0.15, 0.2) is 10.5 Å². The van der Waals surface area contributed by atoms with Gasteiger partial charge in [0.2, 0.25) is 5.76 Å². The van der Waals surface area contributed by atoms with Crippen LogP contribution in [0.2, 0.25) is 0 Å². The van der Waals surface area contributed by atoms with Gasteiger partial charge in [0.1, 0.15) is 5.76 Å². The number of carbonyl (C=O) groups is 1. The van der Waals surface area contributed by atoms with E-state index in [-0.39, 0.29) is 37.8 Å². The Kier molecular flexibility index (Phi) is 8.55. The first-order valence-corrected chi connectivity index (χ1v) is 11.6. The van der Waals surface area contributed by atoms with Crippen molar-refractivity contribution in [3.05, 3.63) is 23.2 Å². The summed E-state index contributed by atoms with van der Waals surface area (Å²) >= 11 is 0. The molecule has 2 heterocycles. The van der Waals surface area contributed by atoms with E-state index >= 15 is 0 Å². The molecule has 1 aromatic heterocycles. The molecule has 154 valence electrons. The number of rotatable bonds is 10. The number of piperidine rings is 1. The maximum absolute atomic E-state index is 13.0. The molecule has 1 aromatic rings. The summed E-state index contributed by atoms with van der Waals surface area (Å²) in [4.78, 5) is 14.5. The van der Waals surface area contributed by atoms with Gasteiger partial charge in [0, 0.05) is 5.56 Å². The Balaban J connectivity index is 2.34. The highest BCUT2D eigenvalue weighted by Gasteiger charge is 2.32. The van der Waals surface area contributed by atoms with E-state index in [2.05, 4.69) is 11.8 Å². The van der Waals surface area contributed by atoms with Crippen LogP contribution in [0.1, 0.15) is 74.9 Å². The lowest BCUT2D eigenvalue weighted by Crippen LogP contribution is -2.32. The summed E-state index contributed by atoms with van der Waals surface area (Å²) in [5.41, 5.74) is 0.682. The smallest absolute Gasteiger partial charge is 0.374 e. The number of ether oxygens (including phenoxy) is 1. The van der Waals surface area contributed by atoms with E-state index in [1.165, 1.54) is 6.42 Å². The Hall–Kier alpha value is -1.14. The molecule has 0 N–H and O–H groups in total. The number of esters is 1. The highest BCUT2D eigenvalue weighted by molar-refractivity contribution is 7.53. The molecule has 1 unspecified atom stereocenters. The Morgan fingerprint density at radius 2 is 1.78 bits per heavy atom. The molecule has 1 aliphatic rings. The molecule has 2 rings (SSSR count). The Bertz CT molecular complexity index is 643. The Labute approximate surface area is 161 Å². The molecule has 7 nitrogen and oxygen atoms in total. The van der Waals surface area contributed by atoms with Gasteiger partial charge < -0.3 is 18.2 Å². The second kappa shape index (κ2) is 10.4. The van der Waals surface area contributed by atoms with E-state index in [0.29, 0.717) is 11.3 Å². The van der Waals surface area contributed by atoms with Gasteiger partial charge in [0.15, 0.2) is 0 Å². The molecule has 0 aromatic carbocycles. The molecular formula is C19H32NO6P. The van der Waals surface area contributed by atoms with Crippen LogP contribution in [0.5, 0.6) is 0 Å². The minimum absolute atomic E-state index is 0.0276. The van der Waals surface area contributed by atoms with Crippen molar-refractivity contribution < 1.29 is 27.6 Å². The molecule has 1 atom stereocenters. The van der Waals surface area contributed by atoms with Gasteiger partial charge >= 0.3 is 13.6 Å². The van der Waals surface area contributed by atoms with Crippen LogP contribution in [0.3, 0.4) is 0 Å². The van der Waals surface area contributed by atoms with Gasteiger partial charge in [-0.15, -0.1) is 0 Å². The topological polar surface area (TPSA) is 78.2 Å². The largest absolute Gasteiger partial charge is 0.460 e. The molecule has 0 saturated carbocycles. The van der Waals surface area contributed by atoms with Crippen molar-refractivity contribution in [3.63, 3.8) is 0 Å². The van der Waals surface area contributed by atoms with Crippen LogP contribution >= 0.6 is 7.60 Å². The standard InChI is InChI=1S/C19H32NO6P/c1-5-23-19(21)17-13-16(14-27(22,24-6-2)25-7-3)18(26-17)15(4)20-11-9-8-10-12-20/h13,15H,5-12,14H2,1-4H3. The van der Waals surface area contributed by atoms with Crippen LogP contribution in [-0.4, -0.2) is 43.8 Å². The fourth-order valence-electron chi connectivity index (χ4n) is 3.42. The van der Waals surface area contributed by atoms with Crippen LogP contribution in [-0.2, 0) is 24.5 Å². The highest BCUT2D eigenvalue weighted by atomic mass is 31.2. The number of hydrogen-bond acceptors (Lipinski definition) is 7. The molecule has 0 spiro atoms. The summed E-state index contributed by atoms with van der Waals surface area (Å²) in [6.07, 6.45) is 3.58. The average Bonchev–Trinajstić information content (AvgIpc) is 3.06. The molecule has 0 amide bonds. The first-order valence-electron chi connectivity index (χ1n) is 9.86. The van der Waals surface area contributed by atoms with Crippen LogP contribution in [0.4, 0.5) is 0 Å². The van der Waals surface area contributed by atoms with E-state index in [9.17, 15) is 9.36 Å². The van der Waals surface area contributed by atoms with Gasteiger partial charge in [-0.3, -0.25) is 9.46 Å². The van der Waals surface area contributed by atoms with E-state index < -0.39 is 13.6 Å². The minimum atomic E-state index is -3.31. The lowest BCUT2D eigenvalue weighted by atomic mass is 10.1. The van der Waals surface area contributed by atoms with Crippen molar-refractivity contribution in [1.29, 1.82) is 0 Å². The molecule has 0 radical (unpaired) electrons.